The molecule has 0 saturated heterocycles. The van der Waals surface area contributed by atoms with Gasteiger partial charge in [-0.15, -0.1) is 6.58 Å². The molecule has 0 saturated carbocycles. The molecule has 0 unspecified atom stereocenters. The molecule has 0 heterocycles. The van der Waals surface area contributed by atoms with Crippen LogP contribution in [-0.2, 0) is 14.6 Å². The van der Waals surface area contributed by atoms with Gasteiger partial charge in [-0.1, -0.05) is 6.08 Å². The molecule has 0 aliphatic carbocycles. The van der Waals surface area contributed by atoms with Gasteiger partial charge in [-0.05, 0) is 0 Å². The van der Waals surface area contributed by atoms with Crippen LogP contribution >= 0.6 is 0 Å². The van der Waals surface area contributed by atoms with Crippen molar-refractivity contribution in [2.75, 3.05) is 6.61 Å². The minimum absolute atomic E-state index is 0. The van der Waals surface area contributed by atoms with Crippen LogP contribution in [0.1, 0.15) is 0 Å². The van der Waals surface area contributed by atoms with Crippen LogP contribution in [0.3, 0.4) is 0 Å². The molecule has 0 fully saturated rings. The van der Waals surface area contributed by atoms with Crippen LogP contribution in [0.4, 0.5) is 0 Å². The average Bonchev–Trinajstić information content (AvgIpc) is 1.59. The Hall–Kier alpha value is 0.610. The van der Waals surface area contributed by atoms with E-state index in [1.54, 1.807) is 0 Å². The van der Waals surface area contributed by atoms with Gasteiger partial charge in [0.15, 0.2) is 0 Å². The zero-order valence-electron chi connectivity index (χ0n) is 5.07. The van der Waals surface area contributed by atoms with Crippen molar-refractivity contribution in [3.05, 3.63) is 12.7 Å². The van der Waals surface area contributed by atoms with Crippen LogP contribution in [0.5, 0.6) is 0 Å². The molecular formula is C3H6NaO4S+. The topological polar surface area (TPSA) is 63.6 Å². The Kier molecular flexibility index (Phi) is 7.38. The summed E-state index contributed by atoms with van der Waals surface area (Å²) in [6.07, 6.45) is 1.22. The smallest absolute Gasteiger partial charge is 0.264 e. The van der Waals surface area contributed by atoms with Gasteiger partial charge in [0.05, 0.1) is 6.61 Å². The van der Waals surface area contributed by atoms with Crippen molar-refractivity contribution in [3.8, 4) is 0 Å². The molecule has 4 nitrogen and oxygen atoms in total. The SMILES string of the molecule is C=CCOS(=O)(=O)O.[Na+]. The predicted octanol–water partition coefficient (Wildman–Crippen LogP) is -3.00. The van der Waals surface area contributed by atoms with Crippen molar-refractivity contribution < 1.29 is 46.7 Å². The van der Waals surface area contributed by atoms with Gasteiger partial charge in [0.2, 0.25) is 0 Å². The third kappa shape index (κ3) is 12.0. The number of hydrogen-bond donors (Lipinski definition) is 1. The van der Waals surface area contributed by atoms with Gasteiger partial charge in [0.1, 0.15) is 0 Å². The van der Waals surface area contributed by atoms with Gasteiger partial charge >= 0.3 is 40.0 Å². The molecule has 0 rings (SSSR count). The molecule has 0 aliphatic heterocycles. The first-order valence-corrected chi connectivity index (χ1v) is 3.15. The van der Waals surface area contributed by atoms with E-state index in [2.05, 4.69) is 10.8 Å². The minimum Gasteiger partial charge on any atom is -0.264 e. The number of rotatable bonds is 3. The maximum absolute atomic E-state index is 9.68. The zero-order valence-corrected chi connectivity index (χ0v) is 7.89. The molecule has 0 aromatic heterocycles. The third-order valence-electron chi connectivity index (χ3n) is 0.335. The molecule has 0 aromatic rings. The van der Waals surface area contributed by atoms with E-state index in [1.165, 1.54) is 6.08 Å². The van der Waals surface area contributed by atoms with Gasteiger partial charge < -0.3 is 0 Å². The summed E-state index contributed by atoms with van der Waals surface area (Å²) < 4.78 is 31.0. The van der Waals surface area contributed by atoms with Crippen LogP contribution in [0.25, 0.3) is 0 Å². The largest absolute Gasteiger partial charge is 1.00 e. The zero-order chi connectivity index (χ0) is 6.62. The fourth-order valence-corrected chi connectivity index (χ4v) is 0.402. The Balaban J connectivity index is 0. The second-order valence-electron chi connectivity index (χ2n) is 1.00. The number of hydrogen-bond acceptors (Lipinski definition) is 3. The molecule has 0 spiro atoms. The Morgan fingerprint density at radius 3 is 2.22 bits per heavy atom. The summed E-state index contributed by atoms with van der Waals surface area (Å²) in [6.45, 7) is 2.97. The molecule has 0 amide bonds. The Bertz CT molecular complexity index is 161. The first-order chi connectivity index (χ1) is 3.56. The Labute approximate surface area is 76.1 Å². The normalized spacial score (nSPS) is 9.89. The molecule has 0 aromatic carbocycles. The van der Waals surface area contributed by atoms with E-state index in [0.717, 1.165) is 0 Å². The van der Waals surface area contributed by atoms with E-state index >= 15 is 0 Å². The van der Waals surface area contributed by atoms with Crippen LogP contribution < -0.4 is 29.6 Å². The van der Waals surface area contributed by atoms with Crippen molar-refractivity contribution in [1.82, 2.24) is 0 Å². The second kappa shape index (κ2) is 5.40. The molecule has 0 aliphatic rings. The Morgan fingerprint density at radius 1 is 1.67 bits per heavy atom. The van der Waals surface area contributed by atoms with Crippen LogP contribution in [0.15, 0.2) is 12.7 Å². The van der Waals surface area contributed by atoms with E-state index < -0.39 is 10.4 Å². The molecule has 0 bridgehead atoms. The van der Waals surface area contributed by atoms with E-state index in [1.807, 2.05) is 0 Å². The molecule has 9 heavy (non-hydrogen) atoms. The summed E-state index contributed by atoms with van der Waals surface area (Å²) in [5, 5.41) is 0. The summed E-state index contributed by atoms with van der Waals surface area (Å²) in [5.74, 6) is 0. The fraction of sp³-hybridized carbons (Fsp3) is 0.333. The first kappa shape index (κ1) is 12.3. The summed E-state index contributed by atoms with van der Waals surface area (Å²) in [5.41, 5.74) is 0. The third-order valence-corrected chi connectivity index (χ3v) is 0.769. The molecule has 1 N–H and O–H groups in total. The standard InChI is InChI=1S/C3H6O4S.Na/c1-2-3-7-8(4,5)6;/h2H,1,3H2,(H,4,5,6);/q;+1. The van der Waals surface area contributed by atoms with E-state index in [4.69, 9.17) is 4.55 Å². The van der Waals surface area contributed by atoms with Gasteiger partial charge in [0.25, 0.3) is 0 Å². The molecule has 0 atom stereocenters. The van der Waals surface area contributed by atoms with Crippen LogP contribution in [0, 0.1) is 0 Å². The average molecular weight is 161 g/mol. The van der Waals surface area contributed by atoms with E-state index in [0.29, 0.717) is 0 Å². The molecule has 6 heteroatoms. The van der Waals surface area contributed by atoms with Gasteiger partial charge in [0, 0.05) is 0 Å². The van der Waals surface area contributed by atoms with Crippen molar-refractivity contribution in [2.24, 2.45) is 0 Å². The summed E-state index contributed by atoms with van der Waals surface area (Å²) in [7, 11) is -4.26. The maximum Gasteiger partial charge on any atom is 1.00 e. The van der Waals surface area contributed by atoms with Crippen molar-refractivity contribution in [1.29, 1.82) is 0 Å². The fourth-order valence-electron chi connectivity index (χ4n) is 0.134. The van der Waals surface area contributed by atoms with Gasteiger partial charge in [-0.3, -0.25) is 4.55 Å². The quantitative estimate of drug-likeness (QED) is 0.272. The summed E-state index contributed by atoms with van der Waals surface area (Å²) >= 11 is 0. The maximum atomic E-state index is 9.68. The van der Waals surface area contributed by atoms with E-state index in [9.17, 15) is 8.42 Å². The monoisotopic (exact) mass is 161 g/mol. The van der Waals surface area contributed by atoms with Crippen molar-refractivity contribution in [3.63, 3.8) is 0 Å². The molecule has 48 valence electrons. The summed E-state index contributed by atoms with van der Waals surface area (Å²) in [4.78, 5) is 0. The predicted molar refractivity (Wildman–Crippen MR) is 27.7 cm³/mol. The molecule has 0 radical (unpaired) electrons. The van der Waals surface area contributed by atoms with Crippen LogP contribution in [0.2, 0.25) is 0 Å². The molecular weight excluding hydrogens is 155 g/mol. The van der Waals surface area contributed by atoms with Crippen LogP contribution in [-0.4, -0.2) is 19.6 Å². The van der Waals surface area contributed by atoms with Gasteiger partial charge in [-0.25, -0.2) is 4.18 Å². The van der Waals surface area contributed by atoms with Crippen molar-refractivity contribution in [2.45, 2.75) is 0 Å². The van der Waals surface area contributed by atoms with E-state index in [-0.39, 0.29) is 36.2 Å². The first-order valence-electron chi connectivity index (χ1n) is 1.79. The second-order valence-corrected chi connectivity index (χ2v) is 2.09. The van der Waals surface area contributed by atoms with Gasteiger partial charge in [-0.2, -0.15) is 8.42 Å². The minimum atomic E-state index is -4.26. The Morgan fingerprint density at radius 2 is 2.11 bits per heavy atom. The summed E-state index contributed by atoms with van der Waals surface area (Å²) in [6, 6.07) is 0. The van der Waals surface area contributed by atoms with Crippen molar-refractivity contribution >= 4 is 10.4 Å².